The van der Waals surface area contributed by atoms with E-state index >= 15 is 0 Å². The van der Waals surface area contributed by atoms with Gasteiger partial charge in [0.2, 0.25) is 0 Å². The maximum atomic E-state index is 5.18. The van der Waals surface area contributed by atoms with Crippen LogP contribution in [0.2, 0.25) is 0 Å². The Bertz CT molecular complexity index is 2610. The van der Waals surface area contributed by atoms with Gasteiger partial charge in [-0.1, -0.05) is 147 Å². The Labute approximate surface area is 325 Å². The van der Waals surface area contributed by atoms with Crippen LogP contribution in [0.3, 0.4) is 0 Å². The molecule has 7 aromatic carbocycles. The van der Waals surface area contributed by atoms with E-state index in [1.165, 1.54) is 43.8 Å². The molecule has 0 aliphatic heterocycles. The van der Waals surface area contributed by atoms with Gasteiger partial charge in [-0.15, -0.1) is 0 Å². The summed E-state index contributed by atoms with van der Waals surface area (Å²) in [5.41, 5.74) is 12.7. The molecule has 0 aromatic heterocycles. The van der Waals surface area contributed by atoms with E-state index in [4.69, 9.17) is 9.98 Å². The van der Waals surface area contributed by atoms with Gasteiger partial charge in [-0.2, -0.15) is 0 Å². The SMILES string of the molecule is C=NC(=NC(=NCc1ccccc1)c1cc(-c2ccc3ccccc3c2)cc(-c2ccc3c(/C=C\CC)c(C)c(CC)c(/C=C\C)c3c2)c1)c1ccccc1. The minimum absolute atomic E-state index is 0.476. The average molecular weight is 714 g/mol. The van der Waals surface area contributed by atoms with Crippen molar-refractivity contribution in [2.24, 2.45) is 15.0 Å². The molecule has 3 nitrogen and oxygen atoms in total. The number of allylic oxidation sites excluding steroid dienone is 2. The Kier molecular flexibility index (Phi) is 11.5. The lowest BCUT2D eigenvalue weighted by Gasteiger charge is -2.18. The van der Waals surface area contributed by atoms with Crippen LogP contribution >= 0.6 is 0 Å². The minimum atomic E-state index is 0.476. The first-order valence-electron chi connectivity index (χ1n) is 19.2. The summed E-state index contributed by atoms with van der Waals surface area (Å²) in [6.07, 6.45) is 11.0. The van der Waals surface area contributed by atoms with E-state index in [2.05, 4.69) is 155 Å². The van der Waals surface area contributed by atoms with Crippen LogP contribution in [0.25, 0.3) is 56.0 Å². The fourth-order valence-corrected chi connectivity index (χ4v) is 7.45. The highest BCUT2D eigenvalue weighted by molar-refractivity contribution is 6.13. The monoisotopic (exact) mass is 713 g/mol. The zero-order chi connectivity index (χ0) is 38.1. The number of rotatable bonds is 10. The number of nitrogens with zero attached hydrogens (tertiary/aromatic N) is 3. The third kappa shape index (κ3) is 8.07. The van der Waals surface area contributed by atoms with Crippen LogP contribution in [0.4, 0.5) is 0 Å². The molecule has 270 valence electrons. The van der Waals surface area contributed by atoms with Gasteiger partial charge >= 0.3 is 0 Å². The molecule has 55 heavy (non-hydrogen) atoms. The maximum Gasteiger partial charge on any atom is 0.161 e. The molecule has 0 spiro atoms. The zero-order valence-corrected chi connectivity index (χ0v) is 32.3. The number of hydrogen-bond donors (Lipinski definition) is 0. The number of benzene rings is 7. The molecule has 3 heteroatoms. The van der Waals surface area contributed by atoms with Crippen molar-refractivity contribution in [2.75, 3.05) is 0 Å². The summed E-state index contributed by atoms with van der Waals surface area (Å²) in [6.45, 7) is 13.2. The lowest BCUT2D eigenvalue weighted by molar-refractivity contribution is 1.06. The molecule has 0 saturated carbocycles. The van der Waals surface area contributed by atoms with Gasteiger partial charge in [-0.25, -0.2) is 9.98 Å². The highest BCUT2D eigenvalue weighted by Crippen LogP contribution is 2.37. The molecule has 0 aliphatic rings. The van der Waals surface area contributed by atoms with E-state index < -0.39 is 0 Å². The van der Waals surface area contributed by atoms with Gasteiger partial charge in [0.1, 0.15) is 0 Å². The van der Waals surface area contributed by atoms with Crippen molar-refractivity contribution in [3.05, 3.63) is 191 Å². The van der Waals surface area contributed by atoms with E-state index in [-0.39, 0.29) is 0 Å². The Morgan fingerprint density at radius 2 is 1.27 bits per heavy atom. The lowest BCUT2D eigenvalue weighted by atomic mass is 9.86. The van der Waals surface area contributed by atoms with Gasteiger partial charge in [-0.3, -0.25) is 4.99 Å². The molecule has 0 unspecified atom stereocenters. The van der Waals surface area contributed by atoms with Crippen LogP contribution in [0.15, 0.2) is 167 Å². The van der Waals surface area contributed by atoms with E-state index in [0.29, 0.717) is 18.2 Å². The molecular formula is C52H47N3. The van der Waals surface area contributed by atoms with Crippen molar-refractivity contribution in [1.29, 1.82) is 0 Å². The van der Waals surface area contributed by atoms with E-state index in [0.717, 1.165) is 51.8 Å². The molecule has 0 heterocycles. The van der Waals surface area contributed by atoms with Gasteiger partial charge in [0, 0.05) is 11.1 Å². The third-order valence-electron chi connectivity index (χ3n) is 10.2. The molecule has 0 radical (unpaired) electrons. The minimum Gasteiger partial charge on any atom is -0.261 e. The summed E-state index contributed by atoms with van der Waals surface area (Å²) in [4.78, 5) is 14.7. The van der Waals surface area contributed by atoms with Crippen molar-refractivity contribution in [1.82, 2.24) is 0 Å². The van der Waals surface area contributed by atoms with Crippen molar-refractivity contribution < 1.29 is 0 Å². The van der Waals surface area contributed by atoms with Crippen LogP contribution in [0.1, 0.15) is 66.1 Å². The number of fused-ring (bicyclic) bond motifs is 2. The van der Waals surface area contributed by atoms with E-state index in [1.807, 2.05) is 48.5 Å². The quantitative estimate of drug-likeness (QED) is 0.1000. The highest BCUT2D eigenvalue weighted by atomic mass is 15.0. The second-order valence-corrected chi connectivity index (χ2v) is 13.8. The van der Waals surface area contributed by atoms with Gasteiger partial charge in [0.05, 0.1) is 6.54 Å². The summed E-state index contributed by atoms with van der Waals surface area (Å²) in [7, 11) is 0. The molecule has 0 bridgehead atoms. The van der Waals surface area contributed by atoms with Crippen LogP contribution in [-0.4, -0.2) is 18.4 Å². The first kappa shape index (κ1) is 36.9. The standard InChI is InChI=1S/C52H47N3/c1-6-9-25-47-36(4)46(8-3)48(18-7-2)50-34-42(28-29-49(47)50)44-31-43(41-27-26-38-21-16-17-24-40(38)30-41)32-45(33-44)52(54-35-37-19-12-10-13-20-37)55-51(53-5)39-22-14-11-15-23-39/h7,9-34H,5-6,8,35H2,1-4H3/b18-7-,25-9-,54-52?,55-51?. The predicted molar refractivity (Wildman–Crippen MR) is 240 cm³/mol. The molecule has 7 rings (SSSR count). The Morgan fingerprint density at radius 1 is 0.600 bits per heavy atom. The number of amidine groups is 2. The van der Waals surface area contributed by atoms with Crippen molar-refractivity contribution in [3.63, 3.8) is 0 Å². The lowest BCUT2D eigenvalue weighted by Crippen LogP contribution is -2.06. The Balaban J connectivity index is 1.49. The van der Waals surface area contributed by atoms with Crippen LogP contribution in [-0.2, 0) is 13.0 Å². The molecule has 0 aliphatic carbocycles. The van der Waals surface area contributed by atoms with Crippen LogP contribution in [0.5, 0.6) is 0 Å². The fraction of sp³-hybridized carbons (Fsp3) is 0.135. The van der Waals surface area contributed by atoms with Gasteiger partial charge < -0.3 is 0 Å². The molecule has 0 N–H and O–H groups in total. The van der Waals surface area contributed by atoms with Gasteiger partial charge in [0.25, 0.3) is 0 Å². The van der Waals surface area contributed by atoms with Crippen molar-refractivity contribution in [3.8, 4) is 22.3 Å². The van der Waals surface area contributed by atoms with Gasteiger partial charge in [0.15, 0.2) is 11.7 Å². The molecule has 0 saturated heterocycles. The second-order valence-electron chi connectivity index (χ2n) is 13.8. The molecule has 0 atom stereocenters. The first-order valence-corrected chi connectivity index (χ1v) is 19.2. The molecule has 0 amide bonds. The molecule has 0 fully saturated rings. The smallest absolute Gasteiger partial charge is 0.161 e. The second kappa shape index (κ2) is 17.1. The Hall–Kier alpha value is -6.45. The Morgan fingerprint density at radius 3 is 1.96 bits per heavy atom. The van der Waals surface area contributed by atoms with Crippen molar-refractivity contribution >= 4 is 52.1 Å². The van der Waals surface area contributed by atoms with Crippen LogP contribution < -0.4 is 0 Å². The number of hydrogen-bond acceptors (Lipinski definition) is 1. The largest absolute Gasteiger partial charge is 0.261 e. The molecular weight excluding hydrogens is 667 g/mol. The average Bonchev–Trinajstić information content (AvgIpc) is 3.24. The van der Waals surface area contributed by atoms with Gasteiger partial charge in [-0.05, 0) is 135 Å². The normalized spacial score (nSPS) is 12.4. The predicted octanol–water partition coefficient (Wildman–Crippen LogP) is 13.7. The summed E-state index contributed by atoms with van der Waals surface area (Å²) in [5, 5.41) is 4.93. The van der Waals surface area contributed by atoms with E-state index in [1.54, 1.807) is 0 Å². The third-order valence-corrected chi connectivity index (χ3v) is 10.2. The summed E-state index contributed by atoms with van der Waals surface area (Å²) in [6, 6.07) is 49.2. The zero-order valence-electron chi connectivity index (χ0n) is 32.3. The maximum absolute atomic E-state index is 5.18. The topological polar surface area (TPSA) is 37.1 Å². The highest BCUT2D eigenvalue weighted by Gasteiger charge is 2.17. The van der Waals surface area contributed by atoms with Crippen molar-refractivity contribution in [2.45, 2.75) is 47.1 Å². The summed E-state index contributed by atoms with van der Waals surface area (Å²) < 4.78 is 0. The summed E-state index contributed by atoms with van der Waals surface area (Å²) in [5.74, 6) is 1.13. The molecule has 7 aromatic rings. The van der Waals surface area contributed by atoms with Crippen LogP contribution in [0, 0.1) is 6.92 Å². The fourth-order valence-electron chi connectivity index (χ4n) is 7.45. The first-order chi connectivity index (χ1) is 27.0. The number of aliphatic imine (C=N–C) groups is 3. The van der Waals surface area contributed by atoms with E-state index in [9.17, 15) is 0 Å². The summed E-state index contributed by atoms with van der Waals surface area (Å²) >= 11 is 0.